The molecule has 0 spiro atoms. The van der Waals surface area contributed by atoms with Gasteiger partial charge in [-0.15, -0.1) is 11.5 Å². The van der Waals surface area contributed by atoms with E-state index in [1.807, 2.05) is 0 Å². The summed E-state index contributed by atoms with van der Waals surface area (Å²) in [5.41, 5.74) is -0.290. The summed E-state index contributed by atoms with van der Waals surface area (Å²) in [6.45, 7) is 0. The van der Waals surface area contributed by atoms with Crippen molar-refractivity contribution in [2.24, 2.45) is 14.1 Å². The van der Waals surface area contributed by atoms with Crippen LogP contribution in [0.3, 0.4) is 0 Å². The Kier molecular flexibility index (Phi) is 3.22. The van der Waals surface area contributed by atoms with E-state index in [0.717, 1.165) is 4.68 Å². The van der Waals surface area contributed by atoms with Gasteiger partial charge >= 0.3 is 11.7 Å². The maximum atomic E-state index is 11.2. The topological polar surface area (TPSA) is 49.1 Å². The smallest absolute Gasteiger partial charge is 0.348 e. The summed E-state index contributed by atoms with van der Waals surface area (Å²) in [4.78, 5) is 11.2. The fourth-order valence-corrected chi connectivity index (χ4v) is 0.790. The van der Waals surface area contributed by atoms with Crippen molar-refractivity contribution < 1.29 is 4.74 Å². The minimum absolute atomic E-state index is 0.109. The number of ether oxygens (including phenoxy) is 1. The predicted octanol–water partition coefficient (Wildman–Crippen LogP) is -0.905. The minimum atomic E-state index is -0.290. The van der Waals surface area contributed by atoms with Gasteiger partial charge in [-0.2, -0.15) is 0 Å². The number of hydrogen-bond donors (Lipinski definition) is 0. The van der Waals surface area contributed by atoms with Gasteiger partial charge in [-0.25, -0.2) is 14.0 Å². The standard InChI is InChI=1S/C10H7N3O2/c1-4-5-6-7-8-15-9-11-13(3)10(14)12(9)2/h1H,2-3H3. The zero-order chi connectivity index (χ0) is 11.3. The Morgan fingerprint density at radius 1 is 1.33 bits per heavy atom. The van der Waals surface area contributed by atoms with E-state index in [-0.39, 0.29) is 11.7 Å². The Morgan fingerprint density at radius 3 is 2.60 bits per heavy atom. The lowest BCUT2D eigenvalue weighted by molar-refractivity contribution is 0.448. The van der Waals surface area contributed by atoms with Crippen LogP contribution >= 0.6 is 0 Å². The van der Waals surface area contributed by atoms with Gasteiger partial charge in [-0.1, -0.05) is 0 Å². The Morgan fingerprint density at radius 2 is 2.07 bits per heavy atom. The highest BCUT2D eigenvalue weighted by molar-refractivity contribution is 5.33. The third-order valence-electron chi connectivity index (χ3n) is 1.48. The lowest BCUT2D eigenvalue weighted by Gasteiger charge is -1.90. The molecule has 1 aromatic heterocycles. The van der Waals surface area contributed by atoms with Crippen LogP contribution in [0.1, 0.15) is 0 Å². The van der Waals surface area contributed by atoms with E-state index in [1.54, 1.807) is 0 Å². The number of terminal acetylenes is 1. The van der Waals surface area contributed by atoms with Crippen molar-refractivity contribution in [1.82, 2.24) is 14.3 Å². The van der Waals surface area contributed by atoms with Crippen molar-refractivity contribution in [3.8, 4) is 42.2 Å². The fourth-order valence-electron chi connectivity index (χ4n) is 0.790. The lowest BCUT2D eigenvalue weighted by atomic mass is 10.6. The lowest BCUT2D eigenvalue weighted by Crippen LogP contribution is -2.20. The molecule has 5 heteroatoms. The van der Waals surface area contributed by atoms with Crippen LogP contribution in [0.15, 0.2) is 4.79 Å². The predicted molar refractivity (Wildman–Crippen MR) is 53.5 cm³/mol. The summed E-state index contributed by atoms with van der Waals surface area (Å²) in [6.07, 6.45) is 7.14. The summed E-state index contributed by atoms with van der Waals surface area (Å²) in [7, 11) is 3.04. The fraction of sp³-hybridized carbons (Fsp3) is 0.200. The molecular weight excluding hydrogens is 194 g/mol. The molecule has 1 rings (SSSR count). The van der Waals surface area contributed by atoms with Gasteiger partial charge in [-0.3, -0.25) is 0 Å². The average Bonchev–Trinajstić information content (AvgIpc) is 2.46. The van der Waals surface area contributed by atoms with Crippen molar-refractivity contribution in [1.29, 1.82) is 0 Å². The van der Waals surface area contributed by atoms with Crippen LogP contribution in [0.25, 0.3) is 0 Å². The second kappa shape index (κ2) is 4.60. The monoisotopic (exact) mass is 201 g/mol. The highest BCUT2D eigenvalue weighted by atomic mass is 16.5. The molecule has 15 heavy (non-hydrogen) atoms. The van der Waals surface area contributed by atoms with Crippen LogP contribution in [-0.4, -0.2) is 14.3 Å². The van der Waals surface area contributed by atoms with Gasteiger partial charge in [0.05, 0.1) is 0 Å². The molecule has 0 aliphatic carbocycles. The average molecular weight is 201 g/mol. The summed E-state index contributed by atoms with van der Waals surface area (Å²) >= 11 is 0. The first kappa shape index (κ1) is 10.5. The first-order valence-corrected chi connectivity index (χ1v) is 3.89. The number of nitrogens with zero attached hydrogens (tertiary/aromatic N) is 3. The molecule has 0 unspecified atom stereocenters. The first-order chi connectivity index (χ1) is 7.16. The normalized spacial score (nSPS) is 7.80. The van der Waals surface area contributed by atoms with Crippen LogP contribution in [0, 0.1) is 36.2 Å². The number of aryl methyl sites for hydroxylation is 1. The van der Waals surface area contributed by atoms with Crippen molar-refractivity contribution in [3.63, 3.8) is 0 Å². The van der Waals surface area contributed by atoms with Gasteiger partial charge in [0.25, 0.3) is 0 Å². The van der Waals surface area contributed by atoms with Gasteiger partial charge in [0, 0.05) is 25.9 Å². The summed E-state index contributed by atoms with van der Waals surface area (Å²) in [5.74, 6) is 9.09. The molecule has 0 amide bonds. The van der Waals surface area contributed by atoms with Crippen LogP contribution < -0.4 is 10.4 Å². The summed E-state index contributed by atoms with van der Waals surface area (Å²) in [5, 5.41) is 3.78. The zero-order valence-corrected chi connectivity index (χ0v) is 8.24. The zero-order valence-electron chi connectivity index (χ0n) is 8.24. The third-order valence-corrected chi connectivity index (χ3v) is 1.48. The Bertz CT molecular complexity index is 579. The minimum Gasteiger partial charge on any atom is -0.369 e. The van der Waals surface area contributed by atoms with E-state index in [1.165, 1.54) is 18.7 Å². The summed E-state index contributed by atoms with van der Waals surface area (Å²) in [6, 6.07) is 0.109. The van der Waals surface area contributed by atoms with Crippen molar-refractivity contribution >= 4 is 0 Å². The number of rotatable bonds is 1. The molecule has 0 fully saturated rings. The molecule has 0 saturated carbocycles. The van der Waals surface area contributed by atoms with E-state index in [0.29, 0.717) is 0 Å². The molecule has 74 valence electrons. The number of hydrogen-bond acceptors (Lipinski definition) is 3. The quantitative estimate of drug-likeness (QED) is 0.553. The molecule has 5 nitrogen and oxygen atoms in total. The van der Waals surface area contributed by atoms with Crippen molar-refractivity contribution in [3.05, 3.63) is 10.5 Å². The van der Waals surface area contributed by atoms with Gasteiger partial charge in [0.15, 0.2) is 0 Å². The molecule has 0 aliphatic heterocycles. The van der Waals surface area contributed by atoms with Crippen LogP contribution in [-0.2, 0) is 14.1 Å². The third kappa shape index (κ3) is 2.43. The maximum Gasteiger partial charge on any atom is 0.348 e. The van der Waals surface area contributed by atoms with Gasteiger partial charge in [0.2, 0.25) is 0 Å². The second-order valence-corrected chi connectivity index (χ2v) is 2.47. The molecular formula is C10H7N3O2. The molecule has 0 atom stereocenters. The van der Waals surface area contributed by atoms with E-state index >= 15 is 0 Å². The Labute approximate surface area is 86.7 Å². The van der Waals surface area contributed by atoms with E-state index in [2.05, 4.69) is 34.9 Å². The maximum absolute atomic E-state index is 11.2. The van der Waals surface area contributed by atoms with Gasteiger partial charge in [-0.05, 0) is 11.8 Å². The Hall–Kier alpha value is -2.58. The SMILES string of the molecule is C#CC#CC#COc1nn(C)c(=O)n1C. The molecule has 1 aromatic rings. The Balaban J connectivity index is 2.82. The second-order valence-electron chi connectivity index (χ2n) is 2.47. The highest BCUT2D eigenvalue weighted by Crippen LogP contribution is 1.97. The number of aromatic nitrogens is 3. The first-order valence-electron chi connectivity index (χ1n) is 3.89. The van der Waals surface area contributed by atoms with E-state index in [9.17, 15) is 4.79 Å². The molecule has 0 saturated heterocycles. The molecule has 0 N–H and O–H groups in total. The van der Waals surface area contributed by atoms with Crippen LogP contribution in [0.2, 0.25) is 0 Å². The van der Waals surface area contributed by atoms with Crippen LogP contribution in [0.5, 0.6) is 6.01 Å². The highest BCUT2D eigenvalue weighted by Gasteiger charge is 2.06. The molecule has 0 radical (unpaired) electrons. The van der Waals surface area contributed by atoms with Crippen molar-refractivity contribution in [2.45, 2.75) is 0 Å². The van der Waals surface area contributed by atoms with Gasteiger partial charge in [0.1, 0.15) is 6.11 Å². The molecule has 1 heterocycles. The van der Waals surface area contributed by atoms with Crippen LogP contribution in [0.4, 0.5) is 0 Å². The van der Waals surface area contributed by atoms with E-state index in [4.69, 9.17) is 11.2 Å². The van der Waals surface area contributed by atoms with Gasteiger partial charge < -0.3 is 4.74 Å². The molecule has 0 aliphatic rings. The molecule has 0 bridgehead atoms. The van der Waals surface area contributed by atoms with Crippen molar-refractivity contribution in [2.75, 3.05) is 0 Å². The molecule has 0 aromatic carbocycles. The van der Waals surface area contributed by atoms with E-state index < -0.39 is 0 Å². The largest absolute Gasteiger partial charge is 0.369 e. The summed E-state index contributed by atoms with van der Waals surface area (Å²) < 4.78 is 7.25.